The third-order valence-electron chi connectivity index (χ3n) is 4.79. The van der Waals surface area contributed by atoms with Crippen LogP contribution in [0.4, 0.5) is 0 Å². The zero-order valence-corrected chi connectivity index (χ0v) is 14.4. The molecule has 0 amide bonds. The highest BCUT2D eigenvalue weighted by atomic mass is 16.7. The molecule has 4 heterocycles. The van der Waals surface area contributed by atoms with Gasteiger partial charge in [0.1, 0.15) is 0 Å². The normalized spacial score (nSPS) is 26.5. The Morgan fingerprint density at radius 2 is 0.577 bits per heavy atom. The molecular weight excluding hydrogens is 344 g/mol. The zero-order valence-electron chi connectivity index (χ0n) is 14.4. The Kier molecular flexibility index (Phi) is 4.91. The summed E-state index contributed by atoms with van der Waals surface area (Å²) in [6.45, 7) is 4.44. The second kappa shape index (κ2) is 7.49. The second-order valence-corrected chi connectivity index (χ2v) is 6.40. The van der Waals surface area contributed by atoms with Crippen LogP contribution in [0.2, 0.25) is 0 Å². The van der Waals surface area contributed by atoms with Crippen molar-refractivity contribution < 1.29 is 37.9 Å². The van der Waals surface area contributed by atoms with Crippen LogP contribution in [0.5, 0.6) is 0 Å². The first-order valence-electron chi connectivity index (χ1n) is 9.00. The predicted molar refractivity (Wildman–Crippen MR) is 85.0 cm³/mol. The lowest BCUT2D eigenvalue weighted by molar-refractivity contribution is -0.0713. The van der Waals surface area contributed by atoms with E-state index in [4.69, 9.17) is 37.9 Å². The molecule has 26 heavy (non-hydrogen) atoms. The van der Waals surface area contributed by atoms with E-state index in [1.54, 1.807) is 0 Å². The Labute approximate surface area is 151 Å². The van der Waals surface area contributed by atoms with Gasteiger partial charge in [-0.3, -0.25) is 0 Å². The minimum Gasteiger partial charge on any atom is -0.346 e. The number of hydrogen-bond acceptors (Lipinski definition) is 8. The Morgan fingerprint density at radius 1 is 0.385 bits per heavy atom. The molecule has 4 aliphatic heterocycles. The summed E-state index contributed by atoms with van der Waals surface area (Å²) in [6, 6.07) is 3.99. The summed E-state index contributed by atoms with van der Waals surface area (Å²) in [5.74, 6) is 0. The Balaban J connectivity index is 1.60. The monoisotopic (exact) mass is 366 g/mol. The van der Waals surface area contributed by atoms with Crippen molar-refractivity contribution in [3.05, 3.63) is 34.4 Å². The third-order valence-corrected chi connectivity index (χ3v) is 4.79. The largest absolute Gasteiger partial charge is 0.346 e. The second-order valence-electron chi connectivity index (χ2n) is 6.40. The van der Waals surface area contributed by atoms with Gasteiger partial charge in [0.05, 0.1) is 52.9 Å². The summed E-state index contributed by atoms with van der Waals surface area (Å²) in [5.41, 5.74) is 3.46. The smallest absolute Gasteiger partial charge is 0.184 e. The number of hydrogen-bond donors (Lipinski definition) is 0. The van der Waals surface area contributed by atoms with Gasteiger partial charge in [-0.05, 0) is 12.1 Å². The van der Waals surface area contributed by atoms with Crippen LogP contribution >= 0.6 is 0 Å². The fourth-order valence-electron chi connectivity index (χ4n) is 3.64. The molecule has 8 nitrogen and oxygen atoms in total. The van der Waals surface area contributed by atoms with Crippen molar-refractivity contribution >= 4 is 0 Å². The van der Waals surface area contributed by atoms with Gasteiger partial charge in [0.15, 0.2) is 25.2 Å². The molecule has 8 heteroatoms. The van der Waals surface area contributed by atoms with Crippen molar-refractivity contribution in [2.24, 2.45) is 0 Å². The van der Waals surface area contributed by atoms with Gasteiger partial charge in [0, 0.05) is 22.3 Å². The number of ether oxygens (including phenoxy) is 8. The van der Waals surface area contributed by atoms with Crippen LogP contribution in [-0.4, -0.2) is 52.9 Å². The molecular formula is C18H22O8. The van der Waals surface area contributed by atoms with Gasteiger partial charge in [-0.15, -0.1) is 0 Å². The van der Waals surface area contributed by atoms with Crippen LogP contribution in [0.15, 0.2) is 12.1 Å². The van der Waals surface area contributed by atoms with E-state index in [9.17, 15) is 0 Å². The average Bonchev–Trinajstić information content (AvgIpc) is 3.49. The topological polar surface area (TPSA) is 73.8 Å². The summed E-state index contributed by atoms with van der Waals surface area (Å²) in [7, 11) is 0. The fourth-order valence-corrected chi connectivity index (χ4v) is 3.64. The molecule has 5 rings (SSSR count). The van der Waals surface area contributed by atoms with Crippen molar-refractivity contribution in [1.29, 1.82) is 0 Å². The van der Waals surface area contributed by atoms with E-state index in [1.807, 2.05) is 12.1 Å². The molecule has 0 N–H and O–H groups in total. The molecule has 142 valence electrons. The molecule has 1 aromatic rings. The Morgan fingerprint density at radius 3 is 0.769 bits per heavy atom. The van der Waals surface area contributed by atoms with Crippen molar-refractivity contribution in [2.75, 3.05) is 52.9 Å². The standard InChI is InChI=1S/C18H22O8/c1-2-20-15(19-1)11-9-13(17-23-5-6-24-17)14(18-25-7-8-26-18)10-12(11)16-21-3-4-22-16/h9-10,15-18H,1-8H2. The van der Waals surface area contributed by atoms with E-state index < -0.39 is 25.2 Å². The minimum absolute atomic E-state index is 0.461. The lowest BCUT2D eigenvalue weighted by Crippen LogP contribution is -2.15. The lowest BCUT2D eigenvalue weighted by atomic mass is 9.96. The van der Waals surface area contributed by atoms with E-state index in [-0.39, 0.29) is 0 Å². The summed E-state index contributed by atoms with van der Waals surface area (Å²) in [4.78, 5) is 0. The molecule has 1 aromatic carbocycles. The van der Waals surface area contributed by atoms with Crippen molar-refractivity contribution in [2.45, 2.75) is 25.2 Å². The van der Waals surface area contributed by atoms with Gasteiger partial charge in [0.2, 0.25) is 0 Å². The highest BCUT2D eigenvalue weighted by Gasteiger charge is 2.35. The molecule has 4 fully saturated rings. The SMILES string of the molecule is c1c(C2OCCO2)c(C2OCCO2)cc(C2OCCO2)c1C1OCCO1. The quantitative estimate of drug-likeness (QED) is 0.800. The molecule has 0 aliphatic carbocycles. The van der Waals surface area contributed by atoms with Gasteiger partial charge >= 0.3 is 0 Å². The highest BCUT2D eigenvalue weighted by Crippen LogP contribution is 2.41. The third kappa shape index (κ3) is 3.17. The molecule has 0 spiro atoms. The maximum absolute atomic E-state index is 5.74. The van der Waals surface area contributed by atoms with Crippen LogP contribution in [0.3, 0.4) is 0 Å². The molecule has 0 atom stereocenters. The van der Waals surface area contributed by atoms with Crippen LogP contribution < -0.4 is 0 Å². The van der Waals surface area contributed by atoms with Gasteiger partial charge in [0.25, 0.3) is 0 Å². The molecule has 0 radical (unpaired) electrons. The Hall–Kier alpha value is -1.10. The fraction of sp³-hybridized carbons (Fsp3) is 0.667. The van der Waals surface area contributed by atoms with Crippen molar-refractivity contribution in [3.63, 3.8) is 0 Å². The van der Waals surface area contributed by atoms with E-state index >= 15 is 0 Å². The summed E-state index contributed by atoms with van der Waals surface area (Å²) >= 11 is 0. The van der Waals surface area contributed by atoms with Gasteiger partial charge in [-0.1, -0.05) is 0 Å². The minimum atomic E-state index is -0.461. The average molecular weight is 366 g/mol. The maximum Gasteiger partial charge on any atom is 0.184 e. The first-order chi connectivity index (χ1) is 12.9. The molecule has 0 aromatic heterocycles. The van der Waals surface area contributed by atoms with E-state index in [0.29, 0.717) is 52.9 Å². The van der Waals surface area contributed by atoms with E-state index in [1.165, 1.54) is 0 Å². The van der Waals surface area contributed by atoms with Crippen molar-refractivity contribution in [3.8, 4) is 0 Å². The van der Waals surface area contributed by atoms with Gasteiger partial charge in [-0.2, -0.15) is 0 Å². The molecule has 4 aliphatic rings. The summed E-state index contributed by atoms with van der Waals surface area (Å²) in [5, 5.41) is 0. The zero-order chi connectivity index (χ0) is 17.3. The van der Waals surface area contributed by atoms with Crippen LogP contribution in [0.25, 0.3) is 0 Å². The van der Waals surface area contributed by atoms with Crippen LogP contribution in [-0.2, 0) is 37.9 Å². The van der Waals surface area contributed by atoms with Crippen LogP contribution in [0.1, 0.15) is 47.4 Å². The first-order valence-corrected chi connectivity index (χ1v) is 9.00. The lowest BCUT2D eigenvalue weighted by Gasteiger charge is -2.25. The van der Waals surface area contributed by atoms with Gasteiger partial charge < -0.3 is 37.9 Å². The number of rotatable bonds is 4. The predicted octanol–water partition coefficient (Wildman–Crippen LogP) is 1.87. The molecule has 0 saturated carbocycles. The molecule has 0 bridgehead atoms. The van der Waals surface area contributed by atoms with Crippen LogP contribution in [0, 0.1) is 0 Å². The Bertz CT molecular complexity index is 520. The highest BCUT2D eigenvalue weighted by molar-refractivity contribution is 5.42. The summed E-state index contributed by atoms with van der Waals surface area (Å²) in [6.07, 6.45) is -1.84. The van der Waals surface area contributed by atoms with E-state index in [2.05, 4.69) is 0 Å². The molecule has 0 unspecified atom stereocenters. The number of benzene rings is 1. The summed E-state index contributed by atoms with van der Waals surface area (Å²) < 4.78 is 46.0. The van der Waals surface area contributed by atoms with E-state index in [0.717, 1.165) is 22.3 Å². The molecule has 4 saturated heterocycles. The van der Waals surface area contributed by atoms with Gasteiger partial charge in [-0.25, -0.2) is 0 Å². The van der Waals surface area contributed by atoms with Crippen molar-refractivity contribution in [1.82, 2.24) is 0 Å². The maximum atomic E-state index is 5.74. The first kappa shape index (κ1) is 17.0.